The molecule has 22 heavy (non-hydrogen) atoms. The molecule has 2 aromatic heterocycles. The first-order valence-electron chi connectivity index (χ1n) is 6.29. The van der Waals surface area contributed by atoms with Crippen molar-refractivity contribution in [3.05, 3.63) is 29.1 Å². The lowest BCUT2D eigenvalue weighted by molar-refractivity contribution is 0.0698. The van der Waals surface area contributed by atoms with Gasteiger partial charge in [-0.25, -0.2) is 9.78 Å². The summed E-state index contributed by atoms with van der Waals surface area (Å²) >= 11 is 2.58. The van der Waals surface area contributed by atoms with Gasteiger partial charge in [0, 0.05) is 5.39 Å². The Morgan fingerprint density at radius 3 is 2.95 bits per heavy atom. The molecule has 0 aliphatic rings. The van der Waals surface area contributed by atoms with Gasteiger partial charge in [0.2, 0.25) is 0 Å². The molecule has 7 heteroatoms. The second-order valence-electron chi connectivity index (χ2n) is 4.35. The number of pyridine rings is 1. The van der Waals surface area contributed by atoms with Crippen molar-refractivity contribution in [3.8, 4) is 11.8 Å². The van der Waals surface area contributed by atoms with Gasteiger partial charge in [0.15, 0.2) is 17.2 Å². The molecule has 0 saturated heterocycles. The molecule has 0 aliphatic heterocycles. The Morgan fingerprint density at radius 1 is 1.50 bits per heavy atom. The molecule has 3 aromatic rings. The van der Waals surface area contributed by atoms with Crippen molar-refractivity contribution < 1.29 is 14.6 Å². The molecule has 110 valence electrons. The lowest BCUT2D eigenvalue weighted by atomic mass is 10.2. The summed E-state index contributed by atoms with van der Waals surface area (Å²) in [6.07, 6.45) is 1.88. The number of thiophene rings is 1. The zero-order valence-electron chi connectivity index (χ0n) is 11.5. The number of ether oxygens (including phenoxy) is 1. The van der Waals surface area contributed by atoms with E-state index in [2.05, 4.69) is 4.98 Å². The highest BCUT2D eigenvalue weighted by Gasteiger charge is 2.24. The van der Waals surface area contributed by atoms with Crippen LogP contribution in [0.2, 0.25) is 0 Å². The number of carboxylic acids is 1. The molecule has 0 saturated carbocycles. The number of benzene rings is 1. The Bertz CT molecular complexity index is 928. The highest BCUT2D eigenvalue weighted by atomic mass is 32.2. The van der Waals surface area contributed by atoms with Crippen molar-refractivity contribution in [1.82, 2.24) is 4.98 Å². The molecule has 0 unspecified atom stereocenters. The first kappa shape index (κ1) is 14.6. The van der Waals surface area contributed by atoms with Crippen molar-refractivity contribution in [2.75, 3.05) is 12.9 Å². The quantitative estimate of drug-likeness (QED) is 0.733. The van der Waals surface area contributed by atoms with Crippen LogP contribution in [0.1, 0.15) is 9.67 Å². The molecular formula is C15H10N2O3S2. The number of para-hydroxylation sites is 1. The van der Waals surface area contributed by atoms with Crippen LogP contribution < -0.4 is 4.74 Å². The average molecular weight is 330 g/mol. The number of aromatic carboxylic acids is 1. The van der Waals surface area contributed by atoms with E-state index in [4.69, 9.17) is 10.00 Å². The summed E-state index contributed by atoms with van der Waals surface area (Å²) in [5.74, 6) is -0.832. The smallest absolute Gasteiger partial charge is 0.349 e. The van der Waals surface area contributed by atoms with E-state index in [1.807, 2.05) is 36.6 Å². The van der Waals surface area contributed by atoms with Crippen molar-refractivity contribution in [3.63, 3.8) is 0 Å². The summed E-state index contributed by atoms with van der Waals surface area (Å²) in [5, 5.41) is 20.4. The van der Waals surface area contributed by atoms with Gasteiger partial charge in [-0.2, -0.15) is 5.26 Å². The zero-order valence-corrected chi connectivity index (χ0v) is 13.1. The maximum absolute atomic E-state index is 11.5. The number of thioether (sulfide) groups is 1. The maximum Gasteiger partial charge on any atom is 0.349 e. The Labute approximate surface area is 134 Å². The largest absolute Gasteiger partial charge is 0.477 e. The van der Waals surface area contributed by atoms with E-state index in [0.29, 0.717) is 10.4 Å². The number of nitriles is 1. The van der Waals surface area contributed by atoms with Crippen LogP contribution in [0.25, 0.3) is 21.0 Å². The molecule has 0 bridgehead atoms. The number of fused-ring (bicyclic) bond motifs is 3. The maximum atomic E-state index is 11.5. The molecule has 0 amide bonds. The number of carboxylic acid groups (broad SMARTS) is 1. The van der Waals surface area contributed by atoms with Gasteiger partial charge in [-0.05, 0) is 12.3 Å². The number of nitrogens with zero attached hydrogens (tertiary/aromatic N) is 2. The normalized spacial score (nSPS) is 10.7. The SMILES string of the molecule is CSc1nc2ccccc2c2sc(C(=O)O)c(OCC#N)c12. The van der Waals surface area contributed by atoms with Crippen LogP contribution in [0, 0.1) is 11.3 Å². The third-order valence-corrected chi connectivity index (χ3v) is 4.99. The second kappa shape index (κ2) is 5.83. The van der Waals surface area contributed by atoms with E-state index in [0.717, 1.165) is 26.9 Å². The predicted octanol–water partition coefficient (Wildman–Crippen LogP) is 3.77. The Hall–Kier alpha value is -2.30. The van der Waals surface area contributed by atoms with E-state index in [9.17, 15) is 9.90 Å². The molecule has 3 rings (SSSR count). The lowest BCUT2D eigenvalue weighted by Crippen LogP contribution is -2.00. The number of rotatable bonds is 4. The van der Waals surface area contributed by atoms with E-state index < -0.39 is 5.97 Å². The highest BCUT2D eigenvalue weighted by molar-refractivity contribution is 7.98. The first-order valence-corrected chi connectivity index (χ1v) is 8.33. The number of carbonyl (C=O) groups is 1. The third-order valence-electron chi connectivity index (χ3n) is 3.12. The van der Waals surface area contributed by atoms with E-state index in [1.165, 1.54) is 11.8 Å². The van der Waals surface area contributed by atoms with Gasteiger partial charge in [-0.1, -0.05) is 18.2 Å². The molecule has 5 nitrogen and oxygen atoms in total. The summed E-state index contributed by atoms with van der Waals surface area (Å²) in [6, 6.07) is 9.45. The molecule has 1 aromatic carbocycles. The number of hydrogen-bond donors (Lipinski definition) is 1. The van der Waals surface area contributed by atoms with Crippen LogP contribution in [-0.2, 0) is 0 Å². The van der Waals surface area contributed by atoms with Gasteiger partial charge in [-0.3, -0.25) is 0 Å². The monoisotopic (exact) mass is 330 g/mol. The highest BCUT2D eigenvalue weighted by Crippen LogP contribution is 2.44. The Kier molecular flexibility index (Phi) is 3.88. The van der Waals surface area contributed by atoms with Crippen LogP contribution in [0.4, 0.5) is 0 Å². The molecule has 0 spiro atoms. The lowest BCUT2D eigenvalue weighted by Gasteiger charge is -2.06. The molecule has 0 aliphatic carbocycles. The van der Waals surface area contributed by atoms with Crippen LogP contribution in [0.15, 0.2) is 29.3 Å². The number of hydrogen-bond acceptors (Lipinski definition) is 6. The Morgan fingerprint density at radius 2 is 2.27 bits per heavy atom. The summed E-state index contributed by atoms with van der Waals surface area (Å²) in [5.41, 5.74) is 0.810. The minimum Gasteiger partial charge on any atom is -0.477 e. The van der Waals surface area contributed by atoms with Gasteiger partial charge in [0.05, 0.1) is 15.6 Å². The minimum absolute atomic E-state index is 0.0960. The average Bonchev–Trinajstić information content (AvgIpc) is 2.92. The summed E-state index contributed by atoms with van der Waals surface area (Å²) < 4.78 is 6.23. The summed E-state index contributed by atoms with van der Waals surface area (Å²) in [4.78, 5) is 16.2. The molecule has 2 heterocycles. The van der Waals surface area contributed by atoms with E-state index in [1.54, 1.807) is 0 Å². The molecule has 0 fully saturated rings. The fraction of sp³-hybridized carbons (Fsp3) is 0.133. The number of aromatic nitrogens is 1. The van der Waals surface area contributed by atoms with E-state index in [-0.39, 0.29) is 17.2 Å². The van der Waals surface area contributed by atoms with Gasteiger partial charge < -0.3 is 9.84 Å². The summed E-state index contributed by atoms with van der Waals surface area (Å²) in [6.45, 7) is -0.202. The van der Waals surface area contributed by atoms with Crippen molar-refractivity contribution >= 4 is 50.1 Å². The van der Waals surface area contributed by atoms with Gasteiger partial charge in [0.25, 0.3) is 0 Å². The minimum atomic E-state index is -1.06. The molecular weight excluding hydrogens is 320 g/mol. The fourth-order valence-corrected chi connectivity index (χ4v) is 4.03. The first-order chi connectivity index (χ1) is 10.7. The Balaban J connectivity index is 2.44. The standard InChI is InChI=1S/C15H10N2O3S2/c1-21-14-10-11(20-7-6-16)13(15(18)19)22-12(10)8-4-2-3-5-9(8)17-14/h2-5H,7H2,1H3,(H,18,19). The predicted molar refractivity (Wildman–Crippen MR) is 87.0 cm³/mol. The van der Waals surface area contributed by atoms with Crippen LogP contribution in [0.3, 0.4) is 0 Å². The fourth-order valence-electron chi connectivity index (χ4n) is 2.26. The molecule has 0 radical (unpaired) electrons. The van der Waals surface area contributed by atoms with Crippen molar-refractivity contribution in [2.24, 2.45) is 0 Å². The topological polar surface area (TPSA) is 83.2 Å². The van der Waals surface area contributed by atoms with Crippen LogP contribution >= 0.6 is 23.1 Å². The summed E-state index contributed by atoms with van der Waals surface area (Å²) in [7, 11) is 0. The third kappa shape index (κ3) is 2.26. The second-order valence-corrected chi connectivity index (χ2v) is 6.17. The van der Waals surface area contributed by atoms with Crippen molar-refractivity contribution in [1.29, 1.82) is 5.26 Å². The van der Waals surface area contributed by atoms with Crippen molar-refractivity contribution in [2.45, 2.75) is 5.03 Å². The van der Waals surface area contributed by atoms with Crippen LogP contribution in [-0.4, -0.2) is 28.9 Å². The molecule has 0 atom stereocenters. The van der Waals surface area contributed by atoms with Gasteiger partial charge >= 0.3 is 5.97 Å². The molecule has 1 N–H and O–H groups in total. The van der Waals surface area contributed by atoms with Gasteiger partial charge in [0.1, 0.15) is 11.1 Å². The van der Waals surface area contributed by atoms with E-state index >= 15 is 0 Å². The van der Waals surface area contributed by atoms with Gasteiger partial charge in [-0.15, -0.1) is 23.1 Å². The van der Waals surface area contributed by atoms with Crippen LogP contribution in [0.5, 0.6) is 5.75 Å². The zero-order chi connectivity index (χ0) is 15.7.